The average Bonchev–Trinajstić information content (AvgIpc) is 3.16. The molecular formula is C29H49N5O. The van der Waals surface area contributed by atoms with Crippen molar-refractivity contribution in [3.63, 3.8) is 0 Å². The first-order chi connectivity index (χ1) is 17.0. The normalized spacial score (nSPS) is 30.3. The average molecular weight is 484 g/mol. The summed E-state index contributed by atoms with van der Waals surface area (Å²) in [5, 5.41) is 0. The lowest BCUT2D eigenvalue weighted by Gasteiger charge is -2.41. The van der Waals surface area contributed by atoms with Crippen molar-refractivity contribution < 1.29 is 4.79 Å². The zero-order valence-electron chi connectivity index (χ0n) is 23.0. The maximum Gasteiger partial charge on any atom is 0.225 e. The van der Waals surface area contributed by atoms with Crippen molar-refractivity contribution in [1.29, 1.82) is 0 Å². The predicted octanol–water partition coefficient (Wildman–Crippen LogP) is 5.14. The molecule has 1 aromatic rings. The van der Waals surface area contributed by atoms with Crippen molar-refractivity contribution in [2.45, 2.75) is 110 Å². The van der Waals surface area contributed by atoms with Gasteiger partial charge in [0.2, 0.25) is 5.95 Å². The van der Waals surface area contributed by atoms with E-state index < -0.39 is 0 Å². The van der Waals surface area contributed by atoms with Gasteiger partial charge in [-0.15, -0.1) is 0 Å². The number of fused-ring (bicyclic) bond motifs is 2. The van der Waals surface area contributed by atoms with Crippen LogP contribution in [0.5, 0.6) is 0 Å². The van der Waals surface area contributed by atoms with Gasteiger partial charge in [0, 0.05) is 55.9 Å². The third kappa shape index (κ3) is 6.25. The molecular weight excluding hydrogens is 434 g/mol. The summed E-state index contributed by atoms with van der Waals surface area (Å²) in [5.41, 5.74) is 1.33. The summed E-state index contributed by atoms with van der Waals surface area (Å²) in [6.07, 6.45) is 15.0. The molecule has 1 saturated carbocycles. The first-order valence-corrected chi connectivity index (χ1v) is 14.5. The topological polar surface area (TPSA) is 52.6 Å². The van der Waals surface area contributed by atoms with Crippen LogP contribution in [0.1, 0.15) is 97.0 Å². The third-order valence-electron chi connectivity index (χ3n) is 9.02. The van der Waals surface area contributed by atoms with Gasteiger partial charge < -0.3 is 14.7 Å². The largest absolute Gasteiger partial charge is 0.332 e. The van der Waals surface area contributed by atoms with Crippen molar-refractivity contribution >= 4 is 11.7 Å². The maximum atomic E-state index is 12.1. The standard InChI is InChI=1S/C27H43N5O.C2H6/c1-19(2)26(33)14-20-4-6-23(7-5-20)31-12-10-21(11-13-31)22-15-28-27(29-16-22)32-24-8-9-25(32)18-30(3)17-24;1-2/h15-16,19-21,23-25H,4-14,17-18H2,1-3H3;1-2H3. The van der Waals surface area contributed by atoms with Gasteiger partial charge >= 0.3 is 0 Å². The Morgan fingerprint density at radius 3 is 1.97 bits per heavy atom. The van der Waals surface area contributed by atoms with Gasteiger partial charge in [0.25, 0.3) is 0 Å². The first kappa shape index (κ1) is 26.5. The number of likely N-dealkylation sites (N-methyl/N-ethyl adjacent to an activating group) is 1. The van der Waals surface area contributed by atoms with Crippen LogP contribution in [0, 0.1) is 11.8 Å². The number of nitrogens with zero attached hydrogens (tertiary/aromatic N) is 5. The van der Waals surface area contributed by atoms with Crippen molar-refractivity contribution in [2.75, 3.05) is 38.1 Å². The second-order valence-electron chi connectivity index (χ2n) is 11.6. The van der Waals surface area contributed by atoms with Crippen molar-refractivity contribution in [3.05, 3.63) is 18.0 Å². The van der Waals surface area contributed by atoms with E-state index in [2.05, 4.69) is 34.1 Å². The van der Waals surface area contributed by atoms with Crippen LogP contribution in [0.2, 0.25) is 0 Å². The molecule has 0 aromatic carbocycles. The Morgan fingerprint density at radius 2 is 1.43 bits per heavy atom. The molecule has 0 radical (unpaired) electrons. The van der Waals surface area contributed by atoms with Crippen LogP contribution in [0.4, 0.5) is 5.95 Å². The molecule has 0 amide bonds. The Kier molecular flexibility index (Phi) is 9.20. The van der Waals surface area contributed by atoms with Gasteiger partial charge in [-0.3, -0.25) is 4.79 Å². The van der Waals surface area contributed by atoms with E-state index in [1.165, 1.54) is 70.0 Å². The highest BCUT2D eigenvalue weighted by Gasteiger charge is 2.40. The van der Waals surface area contributed by atoms with Crippen LogP contribution in [0.3, 0.4) is 0 Å². The minimum atomic E-state index is 0.191. The second-order valence-corrected chi connectivity index (χ2v) is 11.6. The monoisotopic (exact) mass is 483 g/mol. The van der Waals surface area contributed by atoms with Crippen LogP contribution in [-0.4, -0.2) is 76.9 Å². The molecule has 4 heterocycles. The summed E-state index contributed by atoms with van der Waals surface area (Å²) in [4.78, 5) is 29.5. The van der Waals surface area contributed by atoms with E-state index in [0.717, 1.165) is 31.5 Å². The number of aromatic nitrogens is 2. The number of likely N-dealkylation sites (tertiary alicyclic amines) is 2. The number of anilines is 1. The summed E-state index contributed by atoms with van der Waals surface area (Å²) in [6.45, 7) is 12.7. The molecule has 6 heteroatoms. The lowest BCUT2D eigenvalue weighted by Crippen LogP contribution is -2.53. The Hall–Kier alpha value is -1.53. The van der Waals surface area contributed by atoms with E-state index in [1.807, 2.05) is 27.7 Å². The molecule has 1 aliphatic carbocycles. The minimum Gasteiger partial charge on any atom is -0.332 e. The van der Waals surface area contributed by atoms with Gasteiger partial charge in [-0.2, -0.15) is 0 Å². The van der Waals surface area contributed by atoms with Crippen molar-refractivity contribution in [3.8, 4) is 0 Å². The molecule has 196 valence electrons. The molecule has 0 spiro atoms. The van der Waals surface area contributed by atoms with E-state index in [1.54, 1.807) is 0 Å². The Morgan fingerprint density at radius 1 is 0.886 bits per heavy atom. The molecule has 2 bridgehead atoms. The van der Waals surface area contributed by atoms with Gasteiger partial charge in [0.1, 0.15) is 5.78 Å². The maximum absolute atomic E-state index is 12.1. The van der Waals surface area contributed by atoms with Crippen LogP contribution >= 0.6 is 0 Å². The summed E-state index contributed by atoms with van der Waals surface area (Å²) >= 11 is 0. The number of rotatable bonds is 6. The lowest BCUT2D eigenvalue weighted by atomic mass is 9.80. The van der Waals surface area contributed by atoms with E-state index >= 15 is 0 Å². The smallest absolute Gasteiger partial charge is 0.225 e. The van der Waals surface area contributed by atoms with Gasteiger partial charge in [-0.25, -0.2) is 9.97 Å². The van der Waals surface area contributed by atoms with Crippen LogP contribution in [0.15, 0.2) is 12.4 Å². The molecule has 6 nitrogen and oxygen atoms in total. The third-order valence-corrected chi connectivity index (χ3v) is 9.02. The van der Waals surface area contributed by atoms with E-state index in [-0.39, 0.29) is 5.92 Å². The quantitative estimate of drug-likeness (QED) is 0.558. The predicted molar refractivity (Wildman–Crippen MR) is 144 cm³/mol. The number of carbonyl (C=O) groups excluding carboxylic acids is 1. The van der Waals surface area contributed by atoms with Crippen LogP contribution in [-0.2, 0) is 4.79 Å². The highest BCUT2D eigenvalue weighted by Crippen LogP contribution is 2.36. The Balaban J connectivity index is 0.00000141. The number of piperazine rings is 1. The number of hydrogen-bond donors (Lipinski definition) is 0. The molecule has 2 unspecified atom stereocenters. The number of Topliss-reactive ketones (excluding diaryl/α,β-unsaturated/α-hetero) is 1. The van der Waals surface area contributed by atoms with E-state index in [9.17, 15) is 4.79 Å². The SMILES string of the molecule is CC.CC(C)C(=O)CC1CCC(N2CCC(c3cnc(N4C5CCC4CN(C)C5)nc3)CC2)CC1. The number of carbonyl (C=O) groups is 1. The highest BCUT2D eigenvalue weighted by atomic mass is 16.1. The molecule has 0 N–H and O–H groups in total. The molecule has 35 heavy (non-hydrogen) atoms. The number of ketones is 1. The summed E-state index contributed by atoms with van der Waals surface area (Å²) in [5.74, 6) is 2.81. The molecule has 1 aromatic heterocycles. The van der Waals surface area contributed by atoms with Crippen molar-refractivity contribution in [2.24, 2.45) is 11.8 Å². The molecule has 3 saturated heterocycles. The van der Waals surface area contributed by atoms with E-state index in [0.29, 0.717) is 29.7 Å². The Labute approximate surface area is 213 Å². The first-order valence-electron chi connectivity index (χ1n) is 14.5. The zero-order chi connectivity index (χ0) is 24.9. The fourth-order valence-electron chi connectivity index (χ4n) is 6.95. The number of hydrogen-bond acceptors (Lipinski definition) is 6. The Bertz CT molecular complexity index is 782. The van der Waals surface area contributed by atoms with Gasteiger partial charge in [-0.05, 0) is 88.9 Å². The molecule has 3 aliphatic heterocycles. The molecule has 4 fully saturated rings. The highest BCUT2D eigenvalue weighted by molar-refractivity contribution is 5.80. The zero-order valence-corrected chi connectivity index (χ0v) is 23.0. The van der Waals surface area contributed by atoms with E-state index in [4.69, 9.17) is 9.97 Å². The molecule has 5 rings (SSSR count). The molecule has 2 atom stereocenters. The summed E-state index contributed by atoms with van der Waals surface area (Å²) < 4.78 is 0. The number of piperidine rings is 1. The lowest BCUT2D eigenvalue weighted by molar-refractivity contribution is -0.123. The van der Waals surface area contributed by atoms with Crippen molar-refractivity contribution in [1.82, 2.24) is 19.8 Å². The second kappa shape index (κ2) is 12.1. The summed E-state index contributed by atoms with van der Waals surface area (Å²) in [6, 6.07) is 1.89. The fourth-order valence-corrected chi connectivity index (χ4v) is 6.95. The minimum absolute atomic E-state index is 0.191. The van der Waals surface area contributed by atoms with Gasteiger partial charge in [-0.1, -0.05) is 27.7 Å². The van der Waals surface area contributed by atoms with Crippen LogP contribution < -0.4 is 4.90 Å². The fraction of sp³-hybridized carbons (Fsp3) is 0.828. The van der Waals surface area contributed by atoms with Crippen LogP contribution in [0.25, 0.3) is 0 Å². The summed E-state index contributed by atoms with van der Waals surface area (Å²) in [7, 11) is 2.23. The molecule has 4 aliphatic rings. The van der Waals surface area contributed by atoms with Gasteiger partial charge in [0.05, 0.1) is 0 Å². The van der Waals surface area contributed by atoms with Gasteiger partial charge in [0.15, 0.2) is 0 Å².